The van der Waals surface area contributed by atoms with E-state index in [1.807, 2.05) is 13.0 Å². The number of benzene rings is 1. The first kappa shape index (κ1) is 25.1. The van der Waals surface area contributed by atoms with Crippen LogP contribution in [0.4, 0.5) is 13.2 Å². The predicted molar refractivity (Wildman–Crippen MR) is 115 cm³/mol. The van der Waals surface area contributed by atoms with Gasteiger partial charge in [-0.3, -0.25) is 14.2 Å². The SMILES string of the molecule is COC1=CC(Cn2cnc(C(F)(F)F)c(Oc3cc(Cl)cc(C#N)c3)c2=O)C(C)C(C)NC1=O. The number of nitrogens with zero attached hydrogens (tertiary/aromatic N) is 3. The van der Waals surface area contributed by atoms with E-state index in [1.54, 1.807) is 6.92 Å². The van der Waals surface area contributed by atoms with E-state index in [1.165, 1.54) is 25.3 Å². The molecule has 0 spiro atoms. The van der Waals surface area contributed by atoms with Crippen LogP contribution >= 0.6 is 11.6 Å². The maximum atomic E-state index is 13.6. The molecule has 1 N–H and O–H groups in total. The van der Waals surface area contributed by atoms with Crippen LogP contribution in [0, 0.1) is 23.2 Å². The summed E-state index contributed by atoms with van der Waals surface area (Å²) in [5.41, 5.74) is -2.56. The van der Waals surface area contributed by atoms with Crippen LogP contribution in [0.25, 0.3) is 0 Å². The average Bonchev–Trinajstić information content (AvgIpc) is 2.86. The molecule has 1 aromatic heterocycles. The van der Waals surface area contributed by atoms with Crippen LogP contribution in [0.5, 0.6) is 11.5 Å². The van der Waals surface area contributed by atoms with E-state index < -0.39 is 35.0 Å². The number of nitriles is 1. The van der Waals surface area contributed by atoms with E-state index in [-0.39, 0.29) is 40.6 Å². The van der Waals surface area contributed by atoms with Crippen molar-refractivity contribution in [3.05, 3.63) is 63.0 Å². The molecule has 0 saturated heterocycles. The van der Waals surface area contributed by atoms with E-state index in [0.29, 0.717) is 0 Å². The van der Waals surface area contributed by atoms with Gasteiger partial charge in [0.1, 0.15) is 5.75 Å². The quantitative estimate of drug-likeness (QED) is 0.673. The van der Waals surface area contributed by atoms with Crippen molar-refractivity contribution >= 4 is 17.5 Å². The van der Waals surface area contributed by atoms with Gasteiger partial charge in [0.2, 0.25) is 5.75 Å². The van der Waals surface area contributed by atoms with Gasteiger partial charge in [-0.25, -0.2) is 4.98 Å². The number of halogens is 4. The minimum absolute atomic E-state index is 0.0357. The number of methoxy groups -OCH3 is 1. The van der Waals surface area contributed by atoms with Crippen LogP contribution in [0.1, 0.15) is 25.1 Å². The lowest BCUT2D eigenvalue weighted by molar-refractivity contribution is -0.142. The molecule has 3 rings (SSSR count). The lowest BCUT2D eigenvalue weighted by Gasteiger charge is -2.25. The van der Waals surface area contributed by atoms with Gasteiger partial charge in [-0.2, -0.15) is 18.4 Å². The van der Waals surface area contributed by atoms with Crippen molar-refractivity contribution in [3.8, 4) is 17.6 Å². The lowest BCUT2D eigenvalue weighted by atomic mass is 9.88. The molecule has 0 fully saturated rings. The number of rotatable bonds is 5. The smallest absolute Gasteiger partial charge is 0.437 e. The topological polar surface area (TPSA) is 106 Å². The van der Waals surface area contributed by atoms with Crippen molar-refractivity contribution < 1.29 is 27.4 Å². The number of carbonyl (C=O) groups excluding carboxylic acids is 1. The van der Waals surface area contributed by atoms with E-state index in [9.17, 15) is 22.8 Å². The van der Waals surface area contributed by atoms with Crippen molar-refractivity contribution in [2.75, 3.05) is 7.11 Å². The molecule has 1 aliphatic rings. The van der Waals surface area contributed by atoms with Gasteiger partial charge in [-0.05, 0) is 37.1 Å². The summed E-state index contributed by atoms with van der Waals surface area (Å²) in [6.07, 6.45) is -2.66. The molecule has 8 nitrogen and oxygen atoms in total. The van der Waals surface area contributed by atoms with Crippen LogP contribution in [-0.4, -0.2) is 28.6 Å². The van der Waals surface area contributed by atoms with Crippen molar-refractivity contribution in [3.63, 3.8) is 0 Å². The molecular weight excluding hydrogens is 477 g/mol. The normalized spacial score (nSPS) is 20.6. The highest BCUT2D eigenvalue weighted by molar-refractivity contribution is 6.30. The fourth-order valence-electron chi connectivity index (χ4n) is 3.51. The number of ether oxygens (including phenoxy) is 2. The van der Waals surface area contributed by atoms with Gasteiger partial charge in [0.05, 0.1) is 25.1 Å². The largest absolute Gasteiger partial charge is 0.491 e. The third kappa shape index (κ3) is 5.34. The Bertz CT molecular complexity index is 1240. The van der Waals surface area contributed by atoms with Gasteiger partial charge in [-0.1, -0.05) is 18.5 Å². The summed E-state index contributed by atoms with van der Waals surface area (Å²) in [4.78, 5) is 28.7. The minimum atomic E-state index is -4.98. The summed E-state index contributed by atoms with van der Waals surface area (Å²) in [5, 5.41) is 11.9. The van der Waals surface area contributed by atoms with Gasteiger partial charge < -0.3 is 14.8 Å². The van der Waals surface area contributed by atoms with E-state index in [4.69, 9.17) is 26.3 Å². The highest BCUT2D eigenvalue weighted by atomic mass is 35.5. The maximum Gasteiger partial charge on any atom is 0.437 e. The number of hydrogen-bond acceptors (Lipinski definition) is 6. The van der Waals surface area contributed by atoms with Crippen LogP contribution in [0.2, 0.25) is 5.02 Å². The zero-order valence-electron chi connectivity index (χ0n) is 18.3. The number of allylic oxidation sites excluding steroid dienone is 1. The summed E-state index contributed by atoms with van der Waals surface area (Å²) >= 11 is 5.90. The summed E-state index contributed by atoms with van der Waals surface area (Å²) in [5.74, 6) is -2.32. The monoisotopic (exact) mass is 496 g/mol. The summed E-state index contributed by atoms with van der Waals surface area (Å²) in [6.45, 7) is 3.52. The van der Waals surface area contributed by atoms with Crippen molar-refractivity contribution in [1.82, 2.24) is 14.9 Å². The summed E-state index contributed by atoms with van der Waals surface area (Å²) in [7, 11) is 1.32. The zero-order valence-corrected chi connectivity index (χ0v) is 19.1. The fraction of sp³-hybridized carbons (Fsp3) is 0.364. The zero-order chi connectivity index (χ0) is 25.2. The van der Waals surface area contributed by atoms with Gasteiger partial charge >= 0.3 is 6.18 Å². The highest BCUT2D eigenvalue weighted by Crippen LogP contribution is 2.35. The first-order chi connectivity index (χ1) is 15.9. The lowest BCUT2D eigenvalue weighted by Crippen LogP contribution is -2.39. The molecule has 3 atom stereocenters. The molecule has 0 aliphatic carbocycles. The van der Waals surface area contributed by atoms with Crippen molar-refractivity contribution in [2.24, 2.45) is 11.8 Å². The van der Waals surface area contributed by atoms with Crippen LogP contribution < -0.4 is 15.6 Å². The molecule has 0 radical (unpaired) electrons. The Kier molecular flexibility index (Phi) is 7.21. The van der Waals surface area contributed by atoms with Crippen molar-refractivity contribution in [2.45, 2.75) is 32.6 Å². The molecule has 0 bridgehead atoms. The molecule has 12 heteroatoms. The molecular formula is C22H20ClF3N4O4. The molecule has 0 saturated carbocycles. The second kappa shape index (κ2) is 9.77. The van der Waals surface area contributed by atoms with Crippen LogP contribution in [0.15, 0.2) is 41.2 Å². The van der Waals surface area contributed by atoms with Gasteiger partial charge in [-0.15, -0.1) is 0 Å². The summed E-state index contributed by atoms with van der Waals surface area (Å²) < 4.78 is 52.2. The third-order valence-corrected chi connectivity index (χ3v) is 5.74. The van der Waals surface area contributed by atoms with Gasteiger partial charge in [0, 0.05) is 23.5 Å². The number of aromatic nitrogens is 2. The second-order valence-corrected chi connectivity index (χ2v) is 8.22. The Hall–Kier alpha value is -3.52. The standard InChI is InChI=1S/C22H20ClF3N4O4/c1-11-12(2)29-20(31)17(33-3)6-14(11)9-30-10-28-19(22(24,25)26)18(21(30)32)34-16-5-13(8-27)4-15(23)7-16/h4-7,10-12,14H,9H2,1-3H3,(H,29,31). The Balaban J connectivity index is 2.08. The third-order valence-electron chi connectivity index (χ3n) is 5.52. The maximum absolute atomic E-state index is 13.6. The number of alkyl halides is 3. The Morgan fingerprint density at radius 3 is 2.59 bits per heavy atom. The number of carbonyl (C=O) groups is 1. The molecule has 2 aromatic rings. The Morgan fingerprint density at radius 2 is 1.97 bits per heavy atom. The molecule has 1 aliphatic heterocycles. The number of amides is 1. The first-order valence-corrected chi connectivity index (χ1v) is 10.4. The van der Waals surface area contributed by atoms with E-state index in [0.717, 1.165) is 17.0 Å². The molecule has 3 unspecified atom stereocenters. The molecule has 1 amide bonds. The Morgan fingerprint density at radius 1 is 1.26 bits per heavy atom. The van der Waals surface area contributed by atoms with E-state index >= 15 is 0 Å². The van der Waals surface area contributed by atoms with Gasteiger partial charge in [0.15, 0.2) is 11.5 Å². The average molecular weight is 497 g/mol. The molecule has 1 aromatic carbocycles. The predicted octanol–water partition coefficient (Wildman–Crippen LogP) is 3.88. The first-order valence-electron chi connectivity index (χ1n) is 10.1. The van der Waals surface area contributed by atoms with Crippen LogP contribution in [-0.2, 0) is 22.3 Å². The molecule has 180 valence electrons. The van der Waals surface area contributed by atoms with Gasteiger partial charge in [0.25, 0.3) is 11.5 Å². The second-order valence-electron chi connectivity index (χ2n) is 7.79. The number of hydrogen-bond donors (Lipinski definition) is 1. The summed E-state index contributed by atoms with van der Waals surface area (Å²) in [6, 6.07) is 5.14. The highest BCUT2D eigenvalue weighted by Gasteiger charge is 2.39. The van der Waals surface area contributed by atoms with Crippen molar-refractivity contribution in [1.29, 1.82) is 5.26 Å². The molecule has 34 heavy (non-hydrogen) atoms. The number of nitrogens with one attached hydrogen (secondary N) is 1. The Labute approximate surface area is 197 Å². The minimum Gasteiger partial charge on any atom is -0.491 e. The van der Waals surface area contributed by atoms with Crippen LogP contribution in [0.3, 0.4) is 0 Å². The molecule has 2 heterocycles. The fourth-order valence-corrected chi connectivity index (χ4v) is 3.73. The van der Waals surface area contributed by atoms with E-state index in [2.05, 4.69) is 10.3 Å².